The molecule has 1 N–H and O–H groups in total. The molecule has 1 saturated heterocycles. The zero-order chi connectivity index (χ0) is 19.0. The highest BCUT2D eigenvalue weighted by Crippen LogP contribution is 2.39. The average molecular weight is 423 g/mol. The van der Waals surface area contributed by atoms with Gasteiger partial charge in [0.1, 0.15) is 5.75 Å². The van der Waals surface area contributed by atoms with E-state index in [1.807, 2.05) is 27.7 Å². The topological polar surface area (TPSA) is 47.9 Å². The lowest BCUT2D eigenvalue weighted by molar-refractivity contribution is -0.274. The normalized spacial score (nSPS) is 20.0. The second-order valence-electron chi connectivity index (χ2n) is 6.70. The fraction of sp³-hybridized carbons (Fsp3) is 0.500. The number of ether oxygens (including phenoxy) is 1. The van der Waals surface area contributed by atoms with Crippen molar-refractivity contribution in [3.05, 3.63) is 33.7 Å². The maximum Gasteiger partial charge on any atom is 0.573 e. The summed E-state index contributed by atoms with van der Waals surface area (Å²) < 4.78 is 54.0. The molecule has 0 radical (unpaired) electrons. The molecule has 138 valence electrons. The van der Waals surface area contributed by atoms with Crippen molar-refractivity contribution in [2.45, 2.75) is 45.3 Å². The number of hydrogen-bond donors (Lipinski definition) is 1. The summed E-state index contributed by atoms with van der Waals surface area (Å²) in [6.45, 7) is 6.96. The molecule has 1 fully saturated rings. The highest BCUT2D eigenvalue weighted by molar-refractivity contribution is 9.10. The lowest BCUT2D eigenvalue weighted by Crippen LogP contribution is -2.41. The zero-order valence-corrected chi connectivity index (χ0v) is 15.9. The van der Waals surface area contributed by atoms with Gasteiger partial charge in [-0.25, -0.2) is 0 Å². The average Bonchev–Trinajstić information content (AvgIpc) is 2.64. The Morgan fingerprint density at radius 1 is 1.24 bits per heavy atom. The van der Waals surface area contributed by atoms with Crippen LogP contribution in [0.5, 0.6) is 5.75 Å². The predicted octanol–water partition coefficient (Wildman–Crippen LogP) is 4.35. The van der Waals surface area contributed by atoms with E-state index in [1.54, 1.807) is 6.07 Å². The number of benzene rings is 1. The molecular weight excluding hydrogens is 404 g/mol. The van der Waals surface area contributed by atoms with Gasteiger partial charge in [-0.1, -0.05) is 28.1 Å². The molecule has 2 rings (SSSR count). The third-order valence-corrected chi connectivity index (χ3v) is 4.77. The molecule has 1 aliphatic heterocycles. The summed E-state index contributed by atoms with van der Waals surface area (Å²) in [6.07, 6.45) is -3.44. The zero-order valence-electron chi connectivity index (χ0n) is 14.3. The molecule has 1 aromatic carbocycles. The van der Waals surface area contributed by atoms with Crippen molar-refractivity contribution in [1.29, 1.82) is 0 Å². The minimum absolute atomic E-state index is 0.152. The molecule has 0 saturated carbocycles. The number of alkyl halides is 3. The van der Waals surface area contributed by atoms with E-state index in [0.717, 1.165) is 0 Å². The molecule has 0 unspecified atom stereocenters. The third kappa shape index (κ3) is 4.78. The highest BCUT2D eigenvalue weighted by Gasteiger charge is 2.52. The molecule has 0 atom stereocenters. The quantitative estimate of drug-likeness (QED) is 0.732. The van der Waals surface area contributed by atoms with Gasteiger partial charge in [0.05, 0.1) is 17.8 Å². The predicted molar refractivity (Wildman–Crippen MR) is 92.0 cm³/mol. The Hall–Kier alpha value is -1.03. The van der Waals surface area contributed by atoms with Crippen LogP contribution in [-0.4, -0.2) is 36.4 Å². The van der Waals surface area contributed by atoms with Crippen LogP contribution in [0.25, 0.3) is 6.08 Å². The highest BCUT2D eigenvalue weighted by atomic mass is 79.9. The lowest BCUT2D eigenvalue weighted by Gasteiger charge is -2.32. The second kappa shape index (κ2) is 6.94. The van der Waals surface area contributed by atoms with Crippen LogP contribution < -0.4 is 4.74 Å². The van der Waals surface area contributed by atoms with Gasteiger partial charge in [-0.05, 0) is 45.3 Å². The van der Waals surface area contributed by atoms with E-state index < -0.39 is 31.3 Å². The summed E-state index contributed by atoms with van der Waals surface area (Å²) >= 11 is 3.12. The molecule has 0 bridgehead atoms. The lowest BCUT2D eigenvalue weighted by atomic mass is 9.77. The Labute approximate surface area is 153 Å². The van der Waals surface area contributed by atoms with E-state index in [2.05, 4.69) is 20.7 Å². The Bertz CT molecular complexity index is 658. The molecule has 4 nitrogen and oxygen atoms in total. The molecular formula is C16H19BBrF3O4. The minimum atomic E-state index is -4.83. The molecule has 1 heterocycles. The van der Waals surface area contributed by atoms with Gasteiger partial charge in [0.15, 0.2) is 0 Å². The first-order chi connectivity index (χ1) is 11.3. The first kappa shape index (κ1) is 20.3. The van der Waals surface area contributed by atoms with Crippen molar-refractivity contribution >= 4 is 29.1 Å². The van der Waals surface area contributed by atoms with Gasteiger partial charge in [-0.3, -0.25) is 0 Å². The van der Waals surface area contributed by atoms with Crippen LogP contribution in [0.3, 0.4) is 0 Å². The number of hydrogen-bond acceptors (Lipinski definition) is 4. The van der Waals surface area contributed by atoms with Crippen LogP contribution in [0.1, 0.15) is 33.3 Å². The van der Waals surface area contributed by atoms with E-state index in [4.69, 9.17) is 9.31 Å². The summed E-state index contributed by atoms with van der Waals surface area (Å²) in [4.78, 5) is 0. The summed E-state index contributed by atoms with van der Waals surface area (Å²) in [5.74, 6) is -0.385. The van der Waals surface area contributed by atoms with Gasteiger partial charge >= 0.3 is 13.5 Å². The molecule has 0 aromatic heterocycles. The van der Waals surface area contributed by atoms with Gasteiger partial charge in [0, 0.05) is 10.0 Å². The summed E-state index contributed by atoms with van der Waals surface area (Å²) in [6, 6.07) is 4.24. The fourth-order valence-electron chi connectivity index (χ4n) is 2.22. The van der Waals surface area contributed by atoms with Crippen molar-refractivity contribution in [2.75, 3.05) is 6.61 Å². The first-order valence-electron chi connectivity index (χ1n) is 7.57. The largest absolute Gasteiger partial charge is 0.573 e. The summed E-state index contributed by atoms with van der Waals surface area (Å²) in [5, 5.41) is 9.67. The first-order valence-corrected chi connectivity index (χ1v) is 8.36. The van der Waals surface area contributed by atoms with Crippen molar-refractivity contribution < 1.29 is 32.3 Å². The van der Waals surface area contributed by atoms with E-state index in [1.165, 1.54) is 18.2 Å². The molecule has 0 aliphatic carbocycles. The molecule has 25 heavy (non-hydrogen) atoms. The van der Waals surface area contributed by atoms with Crippen molar-refractivity contribution in [2.24, 2.45) is 0 Å². The number of aliphatic hydroxyl groups is 1. The minimum Gasteiger partial charge on any atom is -0.405 e. The van der Waals surface area contributed by atoms with Gasteiger partial charge in [0.2, 0.25) is 0 Å². The Morgan fingerprint density at radius 3 is 2.28 bits per heavy atom. The molecule has 1 aromatic rings. The van der Waals surface area contributed by atoms with E-state index in [9.17, 15) is 18.3 Å². The standard InChI is InChI=1S/C16H19BBrF3O4/c1-14(2)15(3,4)25-17(24-14)11(9-22)7-10-5-6-12(18)8-13(10)23-16(19,20)21/h5-8,22H,9H2,1-4H3. The van der Waals surface area contributed by atoms with Crippen LogP contribution in [0.15, 0.2) is 28.1 Å². The third-order valence-electron chi connectivity index (χ3n) is 4.28. The Morgan fingerprint density at radius 2 is 1.80 bits per heavy atom. The fourth-order valence-corrected chi connectivity index (χ4v) is 2.56. The SMILES string of the molecule is CC1(C)OB(C(=Cc2ccc(Br)cc2OC(F)(F)F)CO)OC1(C)C. The maximum atomic E-state index is 12.6. The molecule has 1 aliphatic rings. The van der Waals surface area contributed by atoms with Gasteiger partial charge < -0.3 is 19.2 Å². The van der Waals surface area contributed by atoms with Gasteiger partial charge in [-0.2, -0.15) is 0 Å². The van der Waals surface area contributed by atoms with Crippen LogP contribution in [0.2, 0.25) is 0 Å². The van der Waals surface area contributed by atoms with Gasteiger partial charge in [-0.15, -0.1) is 13.2 Å². The van der Waals surface area contributed by atoms with Crippen molar-refractivity contribution in [3.63, 3.8) is 0 Å². The molecule has 0 spiro atoms. The Kier molecular flexibility index (Phi) is 5.63. The monoisotopic (exact) mass is 422 g/mol. The van der Waals surface area contributed by atoms with Crippen LogP contribution in [0, 0.1) is 0 Å². The van der Waals surface area contributed by atoms with E-state index >= 15 is 0 Å². The van der Waals surface area contributed by atoms with E-state index in [0.29, 0.717) is 9.95 Å². The van der Waals surface area contributed by atoms with Crippen LogP contribution >= 0.6 is 15.9 Å². The smallest absolute Gasteiger partial charge is 0.405 e. The van der Waals surface area contributed by atoms with Crippen molar-refractivity contribution in [3.8, 4) is 5.75 Å². The number of halogens is 4. The number of aliphatic hydroxyl groups excluding tert-OH is 1. The second-order valence-corrected chi connectivity index (χ2v) is 7.61. The maximum absolute atomic E-state index is 12.6. The molecule has 9 heteroatoms. The van der Waals surface area contributed by atoms with Gasteiger partial charge in [0.25, 0.3) is 0 Å². The van der Waals surface area contributed by atoms with Crippen molar-refractivity contribution in [1.82, 2.24) is 0 Å². The number of rotatable bonds is 4. The van der Waals surface area contributed by atoms with E-state index in [-0.39, 0.29) is 11.3 Å². The van der Waals surface area contributed by atoms with Crippen LogP contribution in [0.4, 0.5) is 13.2 Å². The Balaban J connectivity index is 2.38. The molecule has 0 amide bonds. The summed E-state index contributed by atoms with van der Waals surface area (Å²) in [5.41, 5.74) is -0.805. The van der Waals surface area contributed by atoms with Crippen LogP contribution in [-0.2, 0) is 9.31 Å². The summed E-state index contributed by atoms with van der Waals surface area (Å²) in [7, 11) is -0.864.